The average Bonchev–Trinajstić information content (AvgIpc) is 3.19. The molecule has 1 fully saturated rings. The quantitative estimate of drug-likeness (QED) is 0.842. The van der Waals surface area contributed by atoms with Gasteiger partial charge in [-0.05, 0) is 38.1 Å². The van der Waals surface area contributed by atoms with Crippen LogP contribution in [0.3, 0.4) is 0 Å². The Morgan fingerprint density at radius 1 is 1.19 bits per heavy atom. The Labute approximate surface area is 123 Å². The van der Waals surface area contributed by atoms with E-state index in [0.29, 0.717) is 24.0 Å². The molecule has 0 N–H and O–H groups in total. The molecule has 21 heavy (non-hydrogen) atoms. The van der Waals surface area contributed by atoms with Crippen molar-refractivity contribution in [3.8, 4) is 22.9 Å². The first-order chi connectivity index (χ1) is 10.3. The second-order valence-electron chi connectivity index (χ2n) is 5.06. The zero-order valence-electron chi connectivity index (χ0n) is 12.3. The van der Waals surface area contributed by atoms with Gasteiger partial charge in [0.2, 0.25) is 11.7 Å². The highest BCUT2D eigenvalue weighted by Gasteiger charge is 2.18. The van der Waals surface area contributed by atoms with Gasteiger partial charge in [0, 0.05) is 6.07 Å². The fraction of sp³-hybridized carbons (Fsp3) is 0.467. The third-order valence-electron chi connectivity index (χ3n) is 3.68. The molecule has 0 radical (unpaired) electrons. The summed E-state index contributed by atoms with van der Waals surface area (Å²) in [6.07, 6.45) is 2.49. The molecule has 0 atom stereocenters. The van der Waals surface area contributed by atoms with Gasteiger partial charge in [-0.15, -0.1) is 0 Å². The summed E-state index contributed by atoms with van der Waals surface area (Å²) in [6.45, 7) is 2.92. The molecule has 1 aromatic carbocycles. The number of likely N-dealkylation sites (tertiary alicyclic amines) is 1. The highest BCUT2D eigenvalue weighted by atomic mass is 16.5. The molecule has 0 unspecified atom stereocenters. The maximum Gasteiger partial charge on any atom is 0.241 e. The minimum atomic E-state index is 0.545. The van der Waals surface area contributed by atoms with Crippen LogP contribution in [-0.4, -0.2) is 42.3 Å². The minimum Gasteiger partial charge on any atom is -0.497 e. The molecule has 0 saturated carbocycles. The van der Waals surface area contributed by atoms with Crippen LogP contribution in [0.5, 0.6) is 11.5 Å². The van der Waals surface area contributed by atoms with Crippen LogP contribution in [-0.2, 0) is 6.54 Å². The van der Waals surface area contributed by atoms with Crippen LogP contribution >= 0.6 is 0 Å². The molecule has 3 rings (SSSR count). The van der Waals surface area contributed by atoms with Gasteiger partial charge in [-0.2, -0.15) is 4.98 Å². The molecule has 0 amide bonds. The summed E-state index contributed by atoms with van der Waals surface area (Å²) in [6, 6.07) is 5.54. The topological polar surface area (TPSA) is 60.6 Å². The van der Waals surface area contributed by atoms with E-state index in [1.54, 1.807) is 14.2 Å². The lowest BCUT2D eigenvalue weighted by atomic mass is 10.2. The second-order valence-corrected chi connectivity index (χ2v) is 5.06. The Kier molecular flexibility index (Phi) is 4.06. The summed E-state index contributed by atoms with van der Waals surface area (Å²) in [5.41, 5.74) is 0.801. The summed E-state index contributed by atoms with van der Waals surface area (Å²) >= 11 is 0. The first kappa shape index (κ1) is 13.9. The van der Waals surface area contributed by atoms with Crippen molar-refractivity contribution < 1.29 is 14.0 Å². The number of benzene rings is 1. The lowest BCUT2D eigenvalue weighted by molar-refractivity contribution is 0.268. The van der Waals surface area contributed by atoms with Gasteiger partial charge in [0.25, 0.3) is 0 Å². The van der Waals surface area contributed by atoms with E-state index in [0.717, 1.165) is 24.4 Å². The predicted octanol–water partition coefficient (Wildman–Crippen LogP) is 2.35. The molecular weight excluding hydrogens is 270 g/mol. The fourth-order valence-electron chi connectivity index (χ4n) is 2.54. The van der Waals surface area contributed by atoms with E-state index in [-0.39, 0.29) is 0 Å². The SMILES string of the molecule is COc1ccc(-c2noc(CN3CCCC3)n2)c(OC)c1. The van der Waals surface area contributed by atoms with E-state index >= 15 is 0 Å². The molecule has 6 nitrogen and oxygen atoms in total. The summed E-state index contributed by atoms with van der Waals surface area (Å²) in [7, 11) is 3.24. The third-order valence-corrected chi connectivity index (χ3v) is 3.68. The lowest BCUT2D eigenvalue weighted by Crippen LogP contribution is -2.18. The summed E-state index contributed by atoms with van der Waals surface area (Å²) < 4.78 is 15.9. The predicted molar refractivity (Wildman–Crippen MR) is 77.3 cm³/mol. The molecule has 2 heterocycles. The molecular formula is C15H19N3O3. The van der Waals surface area contributed by atoms with Crippen LogP contribution in [0.2, 0.25) is 0 Å². The van der Waals surface area contributed by atoms with E-state index in [1.165, 1.54) is 12.8 Å². The molecule has 1 saturated heterocycles. The minimum absolute atomic E-state index is 0.545. The molecule has 1 aromatic heterocycles. The summed E-state index contributed by atoms with van der Waals surface area (Å²) in [4.78, 5) is 6.79. The number of rotatable bonds is 5. The van der Waals surface area contributed by atoms with Crippen LogP contribution in [0.4, 0.5) is 0 Å². The van der Waals surface area contributed by atoms with Crippen molar-refractivity contribution in [2.75, 3.05) is 27.3 Å². The number of nitrogens with zero attached hydrogens (tertiary/aromatic N) is 3. The molecule has 0 spiro atoms. The largest absolute Gasteiger partial charge is 0.497 e. The number of ether oxygens (including phenoxy) is 2. The van der Waals surface area contributed by atoms with E-state index in [2.05, 4.69) is 15.0 Å². The molecule has 0 aliphatic carbocycles. The van der Waals surface area contributed by atoms with Gasteiger partial charge < -0.3 is 14.0 Å². The Morgan fingerprint density at radius 2 is 2.00 bits per heavy atom. The van der Waals surface area contributed by atoms with E-state index in [4.69, 9.17) is 14.0 Å². The summed E-state index contributed by atoms with van der Waals surface area (Å²) in [5.74, 6) is 2.59. The average molecular weight is 289 g/mol. The van der Waals surface area contributed by atoms with Crippen molar-refractivity contribution in [3.05, 3.63) is 24.1 Å². The first-order valence-corrected chi connectivity index (χ1v) is 7.07. The van der Waals surface area contributed by atoms with Crippen LogP contribution in [0.25, 0.3) is 11.4 Å². The molecule has 1 aliphatic heterocycles. The van der Waals surface area contributed by atoms with Crippen LogP contribution in [0, 0.1) is 0 Å². The van der Waals surface area contributed by atoms with Crippen molar-refractivity contribution in [3.63, 3.8) is 0 Å². The van der Waals surface area contributed by atoms with Crippen molar-refractivity contribution in [2.24, 2.45) is 0 Å². The highest BCUT2D eigenvalue weighted by molar-refractivity contribution is 5.65. The number of methoxy groups -OCH3 is 2. The van der Waals surface area contributed by atoms with Crippen molar-refractivity contribution in [2.45, 2.75) is 19.4 Å². The Bertz CT molecular complexity index is 606. The van der Waals surface area contributed by atoms with Crippen LogP contribution < -0.4 is 9.47 Å². The van der Waals surface area contributed by atoms with Gasteiger partial charge in [0.05, 0.1) is 26.3 Å². The number of hydrogen-bond acceptors (Lipinski definition) is 6. The fourth-order valence-corrected chi connectivity index (χ4v) is 2.54. The molecule has 0 bridgehead atoms. The maximum atomic E-state index is 5.37. The second kappa shape index (κ2) is 6.13. The smallest absolute Gasteiger partial charge is 0.241 e. The Hall–Kier alpha value is -2.08. The third kappa shape index (κ3) is 3.00. The Balaban J connectivity index is 1.81. The van der Waals surface area contributed by atoms with Crippen molar-refractivity contribution >= 4 is 0 Å². The van der Waals surface area contributed by atoms with E-state index < -0.39 is 0 Å². The zero-order valence-corrected chi connectivity index (χ0v) is 12.3. The maximum absolute atomic E-state index is 5.37. The van der Waals surface area contributed by atoms with E-state index in [1.807, 2.05) is 18.2 Å². The van der Waals surface area contributed by atoms with Gasteiger partial charge >= 0.3 is 0 Å². The van der Waals surface area contributed by atoms with Crippen LogP contribution in [0.1, 0.15) is 18.7 Å². The lowest BCUT2D eigenvalue weighted by Gasteiger charge is -2.10. The van der Waals surface area contributed by atoms with E-state index in [9.17, 15) is 0 Å². The monoisotopic (exact) mass is 289 g/mol. The zero-order chi connectivity index (χ0) is 14.7. The molecule has 6 heteroatoms. The first-order valence-electron chi connectivity index (χ1n) is 7.07. The van der Waals surface area contributed by atoms with Gasteiger partial charge in [0.15, 0.2) is 0 Å². The normalized spacial score (nSPS) is 15.3. The van der Waals surface area contributed by atoms with Crippen molar-refractivity contribution in [1.82, 2.24) is 15.0 Å². The Morgan fingerprint density at radius 3 is 2.71 bits per heavy atom. The van der Waals surface area contributed by atoms with Gasteiger partial charge in [-0.1, -0.05) is 5.16 Å². The van der Waals surface area contributed by atoms with Gasteiger partial charge in [-0.25, -0.2) is 0 Å². The number of hydrogen-bond donors (Lipinski definition) is 0. The standard InChI is InChI=1S/C15H19N3O3/c1-19-11-5-6-12(13(9-11)20-2)15-16-14(21-17-15)10-18-7-3-4-8-18/h5-6,9H,3-4,7-8,10H2,1-2H3. The number of aromatic nitrogens is 2. The van der Waals surface area contributed by atoms with Crippen molar-refractivity contribution in [1.29, 1.82) is 0 Å². The van der Waals surface area contributed by atoms with Gasteiger partial charge in [-0.3, -0.25) is 4.90 Å². The van der Waals surface area contributed by atoms with Gasteiger partial charge in [0.1, 0.15) is 11.5 Å². The molecule has 112 valence electrons. The molecule has 2 aromatic rings. The van der Waals surface area contributed by atoms with Crippen LogP contribution in [0.15, 0.2) is 22.7 Å². The highest BCUT2D eigenvalue weighted by Crippen LogP contribution is 2.31. The summed E-state index contributed by atoms with van der Waals surface area (Å²) in [5, 5.41) is 4.06. The molecule has 1 aliphatic rings.